The van der Waals surface area contributed by atoms with Gasteiger partial charge in [-0.05, 0) is 36.8 Å². The van der Waals surface area contributed by atoms with Crippen LogP contribution in [0.2, 0.25) is 0 Å². The zero-order chi connectivity index (χ0) is 16.2. The fourth-order valence-electron chi connectivity index (χ4n) is 2.03. The molecule has 0 amide bonds. The minimum atomic E-state index is -0.860. The number of thiazole rings is 1. The van der Waals surface area contributed by atoms with E-state index in [0.29, 0.717) is 17.5 Å². The highest BCUT2D eigenvalue weighted by Gasteiger charge is 2.09. The van der Waals surface area contributed by atoms with Crippen LogP contribution in [0.3, 0.4) is 0 Å². The average molecular weight is 328 g/mol. The number of benzene rings is 2. The summed E-state index contributed by atoms with van der Waals surface area (Å²) < 4.78 is 6.86. The molecule has 1 unspecified atom stereocenters. The number of nitrogens with zero attached hydrogens (tertiary/aromatic N) is 1. The monoisotopic (exact) mass is 328 g/mol. The predicted molar refractivity (Wildman–Crippen MR) is 90.1 cm³/mol. The van der Waals surface area contributed by atoms with Crippen molar-refractivity contribution in [3.8, 4) is 10.9 Å². The van der Waals surface area contributed by atoms with E-state index in [1.165, 1.54) is 11.3 Å². The molecule has 118 valence electrons. The van der Waals surface area contributed by atoms with Crippen molar-refractivity contribution < 1.29 is 14.6 Å². The second-order valence-electron chi connectivity index (χ2n) is 5.13. The number of aliphatic carboxylic acids is 1. The van der Waals surface area contributed by atoms with Crippen molar-refractivity contribution in [3.63, 3.8) is 0 Å². The van der Waals surface area contributed by atoms with E-state index in [1.807, 2.05) is 48.5 Å². The molecule has 2 aromatic carbocycles. The van der Waals surface area contributed by atoms with Gasteiger partial charge in [0.05, 0.1) is 10.2 Å². The third-order valence-electron chi connectivity index (χ3n) is 3.39. The first-order valence-corrected chi connectivity index (χ1v) is 8.02. The maximum absolute atomic E-state index is 10.8. The molecule has 1 aromatic heterocycles. The van der Waals surface area contributed by atoms with Crippen LogP contribution in [0.15, 0.2) is 48.5 Å². The van der Waals surface area contributed by atoms with Gasteiger partial charge in [-0.2, -0.15) is 0 Å². The van der Waals surface area contributed by atoms with Crippen molar-refractivity contribution in [1.29, 1.82) is 0 Å². The minimum absolute atomic E-state index is 0.495. The predicted octanol–water partition coefficient (Wildman–Crippen LogP) is 3.65. The Morgan fingerprint density at radius 1 is 1.26 bits per heavy atom. The Balaban J connectivity index is 1.64. The summed E-state index contributed by atoms with van der Waals surface area (Å²) in [5.41, 5.74) is 1.92. The Morgan fingerprint density at radius 3 is 2.70 bits per heavy atom. The van der Waals surface area contributed by atoms with Gasteiger partial charge in [-0.15, -0.1) is 0 Å². The Hall–Kier alpha value is -2.44. The molecule has 23 heavy (non-hydrogen) atoms. The summed E-state index contributed by atoms with van der Waals surface area (Å²) in [7, 11) is 0. The van der Waals surface area contributed by atoms with Gasteiger partial charge in [0, 0.05) is 6.54 Å². The number of hydrogen-bond acceptors (Lipinski definition) is 5. The quantitative estimate of drug-likeness (QED) is 0.723. The summed E-state index contributed by atoms with van der Waals surface area (Å²) in [4.78, 5) is 15.2. The van der Waals surface area contributed by atoms with Gasteiger partial charge in [0.15, 0.2) is 0 Å². The van der Waals surface area contributed by atoms with Crippen molar-refractivity contribution in [2.24, 2.45) is 0 Å². The molecular formula is C17H16N2O3S. The maximum atomic E-state index is 10.8. The molecule has 2 N–H and O–H groups in total. The van der Waals surface area contributed by atoms with Crippen molar-refractivity contribution in [2.75, 3.05) is 0 Å². The van der Waals surface area contributed by atoms with Crippen LogP contribution < -0.4 is 10.1 Å². The number of carboxylic acid groups (broad SMARTS) is 1. The lowest BCUT2D eigenvalue weighted by Crippen LogP contribution is -2.33. The number of carboxylic acids is 1. The van der Waals surface area contributed by atoms with E-state index in [4.69, 9.17) is 9.84 Å². The van der Waals surface area contributed by atoms with Crippen LogP contribution in [0.25, 0.3) is 10.2 Å². The molecule has 0 aliphatic heterocycles. The second-order valence-corrected chi connectivity index (χ2v) is 6.13. The van der Waals surface area contributed by atoms with E-state index >= 15 is 0 Å². The van der Waals surface area contributed by atoms with Gasteiger partial charge in [-0.1, -0.05) is 35.6 Å². The van der Waals surface area contributed by atoms with Crippen LogP contribution in [0.4, 0.5) is 0 Å². The number of fused-ring (bicyclic) bond motifs is 1. The lowest BCUT2D eigenvalue weighted by molar-refractivity contribution is -0.139. The van der Waals surface area contributed by atoms with E-state index in [-0.39, 0.29) is 0 Å². The van der Waals surface area contributed by atoms with Crippen LogP contribution in [0.1, 0.15) is 12.5 Å². The molecule has 0 saturated carbocycles. The van der Waals surface area contributed by atoms with Gasteiger partial charge in [0.2, 0.25) is 0 Å². The lowest BCUT2D eigenvalue weighted by atomic mass is 10.2. The molecule has 0 spiro atoms. The third kappa shape index (κ3) is 3.85. The zero-order valence-corrected chi connectivity index (χ0v) is 13.3. The first-order valence-electron chi connectivity index (χ1n) is 7.20. The van der Waals surface area contributed by atoms with Crippen molar-refractivity contribution >= 4 is 27.5 Å². The van der Waals surface area contributed by atoms with E-state index in [2.05, 4.69) is 10.3 Å². The molecule has 0 aliphatic rings. The van der Waals surface area contributed by atoms with Gasteiger partial charge in [0.25, 0.3) is 5.19 Å². The van der Waals surface area contributed by atoms with Crippen LogP contribution in [0, 0.1) is 0 Å². The van der Waals surface area contributed by atoms with E-state index in [9.17, 15) is 4.79 Å². The fourth-order valence-corrected chi connectivity index (χ4v) is 2.86. The SMILES string of the molecule is CC(NCc1ccc(Oc2nc3ccccc3s2)cc1)C(=O)O. The summed E-state index contributed by atoms with van der Waals surface area (Å²) in [6.45, 7) is 2.11. The van der Waals surface area contributed by atoms with Crippen LogP contribution >= 0.6 is 11.3 Å². The number of rotatable bonds is 6. The van der Waals surface area contributed by atoms with Gasteiger partial charge < -0.3 is 15.2 Å². The molecule has 6 heteroatoms. The maximum Gasteiger partial charge on any atom is 0.320 e. The Bertz CT molecular complexity index is 781. The number of nitrogens with one attached hydrogen (secondary N) is 1. The molecule has 1 atom stereocenters. The lowest BCUT2D eigenvalue weighted by Gasteiger charge is -2.09. The van der Waals surface area contributed by atoms with Crippen LogP contribution in [-0.4, -0.2) is 22.1 Å². The average Bonchev–Trinajstić information content (AvgIpc) is 2.96. The third-order valence-corrected chi connectivity index (χ3v) is 4.30. The highest BCUT2D eigenvalue weighted by molar-refractivity contribution is 7.20. The molecule has 0 radical (unpaired) electrons. The molecule has 0 aliphatic carbocycles. The standard InChI is InChI=1S/C17H16N2O3S/c1-11(16(20)21)18-10-12-6-8-13(9-7-12)22-17-19-14-4-2-3-5-15(14)23-17/h2-9,11,18H,10H2,1H3,(H,20,21). The Kier molecular flexibility index (Phi) is 4.55. The smallest absolute Gasteiger partial charge is 0.320 e. The zero-order valence-electron chi connectivity index (χ0n) is 12.5. The number of carbonyl (C=O) groups is 1. The van der Waals surface area contributed by atoms with Gasteiger partial charge in [-0.3, -0.25) is 4.79 Å². The first kappa shape index (κ1) is 15.5. The molecule has 0 fully saturated rings. The summed E-state index contributed by atoms with van der Waals surface area (Å²) in [5.74, 6) is -0.153. The van der Waals surface area contributed by atoms with Crippen LogP contribution in [0.5, 0.6) is 10.9 Å². The highest BCUT2D eigenvalue weighted by Crippen LogP contribution is 2.31. The van der Waals surface area contributed by atoms with E-state index < -0.39 is 12.0 Å². The number of para-hydroxylation sites is 1. The summed E-state index contributed by atoms with van der Waals surface area (Å²) in [6.07, 6.45) is 0. The first-order chi connectivity index (χ1) is 11.1. The largest absolute Gasteiger partial charge is 0.480 e. The normalized spacial score (nSPS) is 12.2. The number of aromatic nitrogens is 1. The summed E-state index contributed by atoms with van der Waals surface area (Å²) >= 11 is 1.50. The summed E-state index contributed by atoms with van der Waals surface area (Å²) in [6, 6.07) is 14.8. The molecule has 3 aromatic rings. The molecule has 1 heterocycles. The highest BCUT2D eigenvalue weighted by atomic mass is 32.1. The molecule has 3 rings (SSSR count). The van der Waals surface area contributed by atoms with Crippen LogP contribution in [-0.2, 0) is 11.3 Å². The van der Waals surface area contributed by atoms with Gasteiger partial charge >= 0.3 is 5.97 Å². The molecule has 0 bridgehead atoms. The van der Waals surface area contributed by atoms with Crippen molar-refractivity contribution in [3.05, 3.63) is 54.1 Å². The molecular weight excluding hydrogens is 312 g/mol. The van der Waals surface area contributed by atoms with E-state index in [1.54, 1.807) is 6.92 Å². The summed E-state index contributed by atoms with van der Waals surface area (Å²) in [5, 5.41) is 12.4. The van der Waals surface area contributed by atoms with Gasteiger partial charge in [0.1, 0.15) is 11.8 Å². The minimum Gasteiger partial charge on any atom is -0.480 e. The fraction of sp³-hybridized carbons (Fsp3) is 0.176. The van der Waals surface area contributed by atoms with Gasteiger partial charge in [-0.25, -0.2) is 4.98 Å². The second kappa shape index (κ2) is 6.76. The molecule has 0 saturated heterocycles. The van der Waals surface area contributed by atoms with E-state index in [0.717, 1.165) is 15.8 Å². The Morgan fingerprint density at radius 2 is 2.00 bits per heavy atom. The number of hydrogen-bond donors (Lipinski definition) is 2. The number of ether oxygens (including phenoxy) is 1. The molecule has 5 nitrogen and oxygen atoms in total. The Labute approximate surface area is 137 Å². The van der Waals surface area contributed by atoms with Crippen molar-refractivity contribution in [1.82, 2.24) is 10.3 Å². The van der Waals surface area contributed by atoms with Crippen molar-refractivity contribution in [2.45, 2.75) is 19.5 Å². The topological polar surface area (TPSA) is 71.5 Å².